The molecule has 0 aromatic heterocycles. The Morgan fingerprint density at radius 2 is 1.31 bits per heavy atom. The molecule has 5 aromatic rings. The smallest absolute Gasteiger partial charge is 0.261 e. The Balaban J connectivity index is 1.69. The van der Waals surface area contributed by atoms with E-state index < -0.39 is 0 Å². The van der Waals surface area contributed by atoms with Gasteiger partial charge in [0.1, 0.15) is 0 Å². The van der Waals surface area contributed by atoms with Gasteiger partial charge in [-0.05, 0) is 90.8 Å². The summed E-state index contributed by atoms with van der Waals surface area (Å²) < 4.78 is 1.45. The van der Waals surface area contributed by atoms with Crippen molar-refractivity contribution >= 4 is 99.1 Å². The number of amides is 4. The molecule has 6 nitrogen and oxygen atoms in total. The highest BCUT2D eigenvalue weighted by Gasteiger charge is 2.38. The molecule has 2 unspecified atom stereocenters. The molecule has 0 N–H and O–H groups in total. The van der Waals surface area contributed by atoms with Crippen molar-refractivity contribution in [2.24, 2.45) is 11.8 Å². The molecule has 1 heterocycles. The second kappa shape index (κ2) is 11.5. The molecule has 0 fully saturated rings. The monoisotopic (exact) mass is 730 g/mol. The van der Waals surface area contributed by atoms with Crippen molar-refractivity contribution in [1.82, 2.24) is 9.80 Å². The van der Waals surface area contributed by atoms with Crippen LogP contribution in [0.1, 0.15) is 91.0 Å². The normalized spacial score (nSPS) is 15.0. The largest absolute Gasteiger partial charge is 0.278 e. The van der Waals surface area contributed by atoms with Gasteiger partial charge in [0.2, 0.25) is 6.41 Å². The van der Waals surface area contributed by atoms with Crippen LogP contribution in [0, 0.1) is 18.8 Å². The highest BCUT2D eigenvalue weighted by molar-refractivity contribution is 9.11. The summed E-state index contributed by atoms with van der Waals surface area (Å²) >= 11 is 7.62. The van der Waals surface area contributed by atoms with E-state index in [2.05, 4.69) is 59.6 Å². The minimum absolute atomic E-state index is 0.240. The standard InChI is InChI=1S/C37H36Br2N2O4/c1-17(2)12-20(6)40(16-42)35(43)25-14-27(38)31-23-10-11-24-30-26(37(45)41(36(24)44)21(7)13-18(3)4)15-28(39)32(34(23)30)22-9-8-19(5)29(25)33(22)31/h8-11,14-18,20-21H,12-13H2,1-7H3. The Morgan fingerprint density at radius 1 is 0.756 bits per heavy atom. The minimum atomic E-state index is -0.340. The zero-order chi connectivity index (χ0) is 32.6. The molecule has 0 saturated heterocycles. The van der Waals surface area contributed by atoms with Gasteiger partial charge in [-0.1, -0.05) is 77.8 Å². The predicted molar refractivity (Wildman–Crippen MR) is 188 cm³/mol. The quantitative estimate of drug-likeness (QED) is 0.0690. The maximum atomic E-state index is 14.1. The number of fused-ring (bicyclic) bond motifs is 2. The van der Waals surface area contributed by atoms with Crippen molar-refractivity contribution in [2.75, 3.05) is 0 Å². The van der Waals surface area contributed by atoms with Gasteiger partial charge in [0, 0.05) is 59.3 Å². The average molecular weight is 733 g/mol. The van der Waals surface area contributed by atoms with E-state index in [1.54, 1.807) is 0 Å². The average Bonchev–Trinajstić information content (AvgIpc) is 2.96. The Hall–Kier alpha value is -3.36. The number of benzene rings is 5. The van der Waals surface area contributed by atoms with E-state index >= 15 is 0 Å². The number of aryl methyl sites for hydroxylation is 1. The van der Waals surface area contributed by atoms with E-state index in [1.807, 2.05) is 57.2 Å². The zero-order valence-electron chi connectivity index (χ0n) is 26.5. The molecule has 45 heavy (non-hydrogen) atoms. The third-order valence-electron chi connectivity index (χ3n) is 9.23. The van der Waals surface area contributed by atoms with Crippen LogP contribution in [-0.4, -0.2) is 46.0 Å². The third kappa shape index (κ3) is 4.78. The van der Waals surface area contributed by atoms with Crippen molar-refractivity contribution in [3.05, 3.63) is 67.6 Å². The van der Waals surface area contributed by atoms with Gasteiger partial charge >= 0.3 is 0 Å². The lowest BCUT2D eigenvalue weighted by atomic mass is 9.83. The topological polar surface area (TPSA) is 74.8 Å². The van der Waals surface area contributed by atoms with Crippen LogP contribution in [0.2, 0.25) is 0 Å². The van der Waals surface area contributed by atoms with Crippen LogP contribution in [0.3, 0.4) is 0 Å². The first-order valence-corrected chi connectivity index (χ1v) is 17.1. The fraction of sp³-hybridized carbons (Fsp3) is 0.351. The third-order valence-corrected chi connectivity index (χ3v) is 10.5. The summed E-state index contributed by atoms with van der Waals surface area (Å²) in [6, 6.07) is 11.0. The SMILES string of the molecule is Cc1ccc2c3c(Br)cc4c5c(ccc(c6c(Br)cc(C(=O)N(C=O)C(C)CC(C)C)c1c26)c53)C(=O)N(C(C)CC(C)C)C4=O. The Bertz CT molecular complexity index is 2080. The van der Waals surface area contributed by atoms with Crippen molar-refractivity contribution in [3.63, 3.8) is 0 Å². The Kier molecular flexibility index (Phi) is 8.05. The summed E-state index contributed by atoms with van der Waals surface area (Å²) in [5, 5.41) is 6.73. The molecular formula is C37H36Br2N2O4. The van der Waals surface area contributed by atoms with Gasteiger partial charge in [-0.3, -0.25) is 29.0 Å². The fourth-order valence-electron chi connectivity index (χ4n) is 7.52. The van der Waals surface area contributed by atoms with Crippen LogP contribution in [0.4, 0.5) is 0 Å². The minimum Gasteiger partial charge on any atom is -0.278 e. The molecular weight excluding hydrogens is 696 g/mol. The lowest BCUT2D eigenvalue weighted by Gasteiger charge is -2.33. The molecule has 2 atom stereocenters. The number of imide groups is 2. The number of nitrogens with zero attached hydrogens (tertiary/aromatic N) is 2. The predicted octanol–water partition coefficient (Wildman–Crippen LogP) is 9.63. The van der Waals surface area contributed by atoms with Crippen molar-refractivity contribution in [1.29, 1.82) is 0 Å². The van der Waals surface area contributed by atoms with Crippen LogP contribution in [0.15, 0.2) is 45.3 Å². The maximum absolute atomic E-state index is 14.1. The van der Waals surface area contributed by atoms with E-state index in [-0.39, 0.29) is 29.8 Å². The molecule has 4 amide bonds. The highest BCUT2D eigenvalue weighted by Crippen LogP contribution is 2.49. The fourth-order valence-corrected chi connectivity index (χ4v) is 8.80. The zero-order valence-corrected chi connectivity index (χ0v) is 29.7. The van der Waals surface area contributed by atoms with Gasteiger partial charge in [-0.25, -0.2) is 0 Å². The Labute approximate surface area is 279 Å². The van der Waals surface area contributed by atoms with E-state index in [4.69, 9.17) is 0 Å². The van der Waals surface area contributed by atoms with Crippen LogP contribution < -0.4 is 0 Å². The van der Waals surface area contributed by atoms with Gasteiger partial charge in [0.25, 0.3) is 17.7 Å². The van der Waals surface area contributed by atoms with Gasteiger partial charge < -0.3 is 0 Å². The second-order valence-corrected chi connectivity index (χ2v) is 15.1. The number of carbonyl (C=O) groups is 4. The van der Waals surface area contributed by atoms with E-state index in [1.165, 1.54) is 9.80 Å². The van der Waals surface area contributed by atoms with Crippen LogP contribution in [0.25, 0.3) is 43.1 Å². The summed E-state index contributed by atoms with van der Waals surface area (Å²) in [5.74, 6) is -0.247. The number of carbonyl (C=O) groups excluding carboxylic acids is 4. The molecule has 1 aliphatic heterocycles. The second-order valence-electron chi connectivity index (χ2n) is 13.4. The molecule has 8 heteroatoms. The molecule has 0 bridgehead atoms. The molecule has 5 aromatic carbocycles. The van der Waals surface area contributed by atoms with Crippen LogP contribution >= 0.6 is 31.9 Å². The van der Waals surface area contributed by atoms with E-state index in [9.17, 15) is 19.2 Å². The molecule has 0 saturated carbocycles. The molecule has 232 valence electrons. The number of hydrogen-bond acceptors (Lipinski definition) is 4. The highest BCUT2D eigenvalue weighted by atomic mass is 79.9. The first-order chi connectivity index (χ1) is 21.3. The summed E-state index contributed by atoms with van der Waals surface area (Å²) in [5.41, 5.74) is 2.39. The Morgan fingerprint density at radius 3 is 1.91 bits per heavy atom. The van der Waals surface area contributed by atoms with Crippen LogP contribution in [-0.2, 0) is 4.79 Å². The molecule has 6 rings (SSSR count). The molecule has 0 aliphatic carbocycles. The summed E-state index contributed by atoms with van der Waals surface area (Å²) in [6.07, 6.45) is 2.05. The van der Waals surface area contributed by atoms with Gasteiger partial charge in [-0.15, -0.1) is 0 Å². The summed E-state index contributed by atoms with van der Waals surface area (Å²) in [4.78, 5) is 57.0. The first kappa shape index (κ1) is 31.6. The molecule has 0 spiro atoms. The summed E-state index contributed by atoms with van der Waals surface area (Å²) in [6.45, 7) is 14.1. The summed E-state index contributed by atoms with van der Waals surface area (Å²) in [7, 11) is 0. The number of halogens is 2. The van der Waals surface area contributed by atoms with Crippen molar-refractivity contribution in [3.8, 4) is 0 Å². The van der Waals surface area contributed by atoms with Crippen LogP contribution in [0.5, 0.6) is 0 Å². The van der Waals surface area contributed by atoms with Crippen molar-refractivity contribution < 1.29 is 19.2 Å². The lowest BCUT2D eigenvalue weighted by Crippen LogP contribution is -2.46. The van der Waals surface area contributed by atoms with E-state index in [0.29, 0.717) is 57.6 Å². The van der Waals surface area contributed by atoms with Gasteiger partial charge in [0.05, 0.1) is 0 Å². The van der Waals surface area contributed by atoms with Gasteiger partial charge in [-0.2, -0.15) is 0 Å². The lowest BCUT2D eigenvalue weighted by molar-refractivity contribution is -0.117. The van der Waals surface area contributed by atoms with Gasteiger partial charge in [0.15, 0.2) is 0 Å². The maximum Gasteiger partial charge on any atom is 0.261 e. The molecule has 1 aliphatic rings. The number of hydrogen-bond donors (Lipinski definition) is 0. The van der Waals surface area contributed by atoms with Crippen molar-refractivity contribution in [2.45, 2.75) is 73.4 Å². The molecule has 0 radical (unpaired) electrons. The van der Waals surface area contributed by atoms with E-state index in [0.717, 1.165) is 47.7 Å². The first-order valence-electron chi connectivity index (χ1n) is 15.5. The number of rotatable bonds is 8.